The molecule has 6 heteroatoms. The van der Waals surface area contributed by atoms with E-state index in [0.29, 0.717) is 0 Å². The van der Waals surface area contributed by atoms with Crippen LogP contribution in [0.2, 0.25) is 0 Å². The lowest BCUT2D eigenvalue weighted by atomic mass is 10.1. The minimum atomic E-state index is -3.04. The second-order valence-electron chi connectivity index (χ2n) is 2.72. The van der Waals surface area contributed by atoms with Gasteiger partial charge in [0.2, 0.25) is 0 Å². The molecular weight excluding hydrogens is 227 g/mol. The summed E-state index contributed by atoms with van der Waals surface area (Å²) in [4.78, 5) is -0.206. The van der Waals surface area contributed by atoms with Gasteiger partial charge in [-0.05, 0) is 19.1 Å². The van der Waals surface area contributed by atoms with E-state index in [0.717, 1.165) is 12.1 Å². The average molecular weight is 233 g/mol. The molecule has 0 heterocycles. The Balaban J connectivity index is 3.29. The predicted molar refractivity (Wildman–Crippen MR) is 48.3 cm³/mol. The van der Waals surface area contributed by atoms with Gasteiger partial charge in [0.25, 0.3) is 0 Å². The molecule has 0 amide bonds. The molecule has 1 aromatic rings. The first-order chi connectivity index (χ1) is 6.99. The molecule has 0 N–H and O–H groups in total. The molecule has 0 radical (unpaired) electrons. The van der Waals surface area contributed by atoms with Crippen molar-refractivity contribution < 1.29 is 17.7 Å². The summed E-state index contributed by atoms with van der Waals surface area (Å²) in [6.45, 7) is 1.29. The highest BCUT2D eigenvalue weighted by molar-refractivity contribution is 7.91. The van der Waals surface area contributed by atoms with Gasteiger partial charge < -0.3 is 4.55 Å². The van der Waals surface area contributed by atoms with Crippen LogP contribution in [-0.2, 0) is 11.2 Å². The van der Waals surface area contributed by atoms with Crippen molar-refractivity contribution in [1.82, 2.24) is 0 Å². The van der Waals surface area contributed by atoms with Gasteiger partial charge in [-0.3, -0.25) is 0 Å². The number of alkyl halides is 2. The summed E-state index contributed by atoms with van der Waals surface area (Å²) in [5.41, 5.74) is -0.349. The van der Waals surface area contributed by atoms with Gasteiger partial charge in [-0.1, -0.05) is 0 Å². The minimum absolute atomic E-state index is 0.00358. The number of hydrogen-bond donors (Lipinski definition) is 0. The van der Waals surface area contributed by atoms with Crippen LogP contribution in [0.5, 0.6) is 0 Å². The van der Waals surface area contributed by atoms with Crippen LogP contribution in [0.3, 0.4) is 0 Å². The molecule has 0 aliphatic rings. The molecule has 0 saturated heterocycles. The maximum Gasteiger partial charge on any atom is 0.402 e. The van der Waals surface area contributed by atoms with Gasteiger partial charge in [-0.15, -0.1) is 0 Å². The van der Waals surface area contributed by atoms with Crippen LogP contribution in [0.1, 0.15) is 11.1 Å². The van der Waals surface area contributed by atoms with Crippen molar-refractivity contribution in [1.29, 1.82) is 5.26 Å². The molecule has 1 atom stereocenters. The van der Waals surface area contributed by atoms with E-state index >= 15 is 0 Å². The fourth-order valence-electron chi connectivity index (χ4n) is 1.11. The van der Waals surface area contributed by atoms with Gasteiger partial charge in [0.05, 0.1) is 16.7 Å². The Morgan fingerprint density at radius 3 is 2.53 bits per heavy atom. The summed E-state index contributed by atoms with van der Waals surface area (Å²) in [7, 11) is 0. The molecule has 1 rings (SSSR count). The van der Waals surface area contributed by atoms with E-state index in [2.05, 4.69) is 0 Å². The van der Waals surface area contributed by atoms with Crippen molar-refractivity contribution in [3.05, 3.63) is 29.1 Å². The van der Waals surface area contributed by atoms with Crippen LogP contribution in [-0.4, -0.2) is 10.3 Å². The number of rotatable bonds is 2. The van der Waals surface area contributed by atoms with E-state index in [1.54, 1.807) is 6.07 Å². The summed E-state index contributed by atoms with van der Waals surface area (Å²) >= 11 is -2.52. The molecule has 0 fully saturated rings. The Morgan fingerprint density at radius 1 is 1.47 bits per heavy atom. The van der Waals surface area contributed by atoms with E-state index in [1.165, 1.54) is 6.92 Å². The Kier molecular flexibility index (Phi) is 3.61. The fourth-order valence-corrected chi connectivity index (χ4v) is 1.91. The van der Waals surface area contributed by atoms with Crippen molar-refractivity contribution in [2.45, 2.75) is 17.6 Å². The summed E-state index contributed by atoms with van der Waals surface area (Å²) in [5, 5.41) is 8.57. The molecule has 80 valence electrons. The largest absolute Gasteiger partial charge is 0.607 e. The van der Waals surface area contributed by atoms with E-state index in [9.17, 15) is 17.7 Å². The molecular formula is C9H6F3NOS. The zero-order valence-electron chi connectivity index (χ0n) is 7.63. The second-order valence-corrected chi connectivity index (χ2v) is 4.11. The summed E-state index contributed by atoms with van der Waals surface area (Å²) in [5.74, 6) is -3.84. The van der Waals surface area contributed by atoms with Crippen LogP contribution in [0.15, 0.2) is 17.0 Å². The van der Waals surface area contributed by atoms with Gasteiger partial charge in [0.15, 0.2) is 4.90 Å². The maximum atomic E-state index is 13.0. The zero-order valence-corrected chi connectivity index (χ0v) is 8.45. The van der Waals surface area contributed by atoms with Crippen LogP contribution in [0, 0.1) is 24.1 Å². The fraction of sp³-hybridized carbons (Fsp3) is 0.222. The molecule has 0 aliphatic carbocycles. The van der Waals surface area contributed by atoms with Gasteiger partial charge >= 0.3 is 5.76 Å². The molecule has 0 aliphatic heterocycles. The van der Waals surface area contributed by atoms with E-state index < -0.39 is 22.8 Å². The highest BCUT2D eigenvalue weighted by Crippen LogP contribution is 2.25. The smallest absolute Gasteiger partial charge is 0.402 e. The molecule has 0 spiro atoms. The summed E-state index contributed by atoms with van der Waals surface area (Å²) in [6, 6.07) is 3.41. The third-order valence-electron chi connectivity index (χ3n) is 1.85. The van der Waals surface area contributed by atoms with Gasteiger partial charge in [-0.25, -0.2) is 4.39 Å². The minimum Gasteiger partial charge on any atom is -0.607 e. The molecule has 1 aromatic carbocycles. The highest BCUT2D eigenvalue weighted by Gasteiger charge is 2.27. The number of nitriles is 1. The van der Waals surface area contributed by atoms with Crippen molar-refractivity contribution in [2.75, 3.05) is 0 Å². The molecule has 0 saturated carbocycles. The zero-order chi connectivity index (χ0) is 11.6. The molecule has 2 nitrogen and oxygen atoms in total. The van der Waals surface area contributed by atoms with E-state index in [4.69, 9.17) is 5.26 Å². The summed E-state index contributed by atoms with van der Waals surface area (Å²) < 4.78 is 48.4. The predicted octanol–water partition coefficient (Wildman–Crippen LogP) is 2.34. The van der Waals surface area contributed by atoms with Crippen LogP contribution in [0.25, 0.3) is 0 Å². The monoisotopic (exact) mass is 233 g/mol. The van der Waals surface area contributed by atoms with Gasteiger partial charge in [-0.2, -0.15) is 14.0 Å². The molecule has 1 unspecified atom stereocenters. The van der Waals surface area contributed by atoms with E-state index in [-0.39, 0.29) is 16.0 Å². The Morgan fingerprint density at radius 2 is 2.07 bits per heavy atom. The van der Waals surface area contributed by atoms with Crippen molar-refractivity contribution in [3.8, 4) is 6.07 Å². The third-order valence-corrected chi connectivity index (χ3v) is 3.05. The Bertz CT molecular complexity index is 417. The first-order valence-electron chi connectivity index (χ1n) is 3.87. The van der Waals surface area contributed by atoms with Crippen molar-refractivity contribution in [2.24, 2.45) is 0 Å². The number of nitrogens with zero attached hydrogens (tertiary/aromatic N) is 1. The van der Waals surface area contributed by atoms with Gasteiger partial charge in [0, 0.05) is 5.56 Å². The lowest BCUT2D eigenvalue weighted by molar-refractivity contribution is 0.234. The topological polar surface area (TPSA) is 46.8 Å². The SMILES string of the molecule is Cc1c([S+]([O-])C(F)F)ccc(F)c1C#N. The molecule has 0 aromatic heterocycles. The lowest BCUT2D eigenvalue weighted by Gasteiger charge is -2.11. The third kappa shape index (κ3) is 2.25. The van der Waals surface area contributed by atoms with Crippen LogP contribution < -0.4 is 0 Å². The van der Waals surface area contributed by atoms with Crippen LogP contribution in [0.4, 0.5) is 13.2 Å². The number of benzene rings is 1. The average Bonchev–Trinajstić information content (AvgIpc) is 2.17. The first kappa shape index (κ1) is 11.9. The molecule has 15 heavy (non-hydrogen) atoms. The summed E-state index contributed by atoms with van der Waals surface area (Å²) in [6.07, 6.45) is 0. The second kappa shape index (κ2) is 4.55. The van der Waals surface area contributed by atoms with E-state index in [1.807, 2.05) is 0 Å². The maximum absolute atomic E-state index is 13.0. The van der Waals surface area contributed by atoms with Crippen LogP contribution >= 0.6 is 0 Å². The standard InChI is InChI=1S/C9H6F3NOS/c1-5-6(4-13)7(10)2-3-8(5)15(14)9(11)12/h2-3,9H,1H3. The highest BCUT2D eigenvalue weighted by atomic mass is 32.2. The Hall–Kier alpha value is -1.19. The Labute approximate surface area is 87.5 Å². The molecule has 0 bridgehead atoms. The number of hydrogen-bond acceptors (Lipinski definition) is 2. The van der Waals surface area contributed by atoms with Crippen molar-refractivity contribution in [3.63, 3.8) is 0 Å². The first-order valence-corrected chi connectivity index (χ1v) is 5.08. The normalized spacial score (nSPS) is 12.6. The van der Waals surface area contributed by atoms with Gasteiger partial charge in [0.1, 0.15) is 11.9 Å². The van der Waals surface area contributed by atoms with Crippen molar-refractivity contribution >= 4 is 11.2 Å². The quantitative estimate of drug-likeness (QED) is 0.736. The lowest BCUT2D eigenvalue weighted by Crippen LogP contribution is -2.13. The number of halogens is 3.